The van der Waals surface area contributed by atoms with Gasteiger partial charge in [-0.05, 0) is 141 Å². The van der Waals surface area contributed by atoms with Crippen LogP contribution < -0.4 is 0 Å². The maximum atomic E-state index is 12.4. The van der Waals surface area contributed by atoms with Crippen LogP contribution >= 0.6 is 18.6 Å². The second kappa shape index (κ2) is 14.5. The van der Waals surface area contributed by atoms with Crippen LogP contribution in [0.5, 0.6) is 5.75 Å². The molecule has 0 aromatic heterocycles. The van der Waals surface area contributed by atoms with Gasteiger partial charge in [-0.3, -0.25) is 0 Å². The zero-order valence-electron chi connectivity index (χ0n) is 35.9. The zero-order valence-corrected chi connectivity index (χ0v) is 39.0. The molecule has 0 bridgehead atoms. The first-order chi connectivity index (χ1) is 23.2. The SMILES string of the molecule is CC(C)=C(c1cc(C(C)(C)C)cc(C(C)(C)C)c1O)C1C2C=C3C(=CC2C2C=C4C(=CC21)C(C)(C)CCC4(C)C)C(C)(C)CCC3(C)C.[CH3-].[Cl][Ti][Cl]. The van der Waals surface area contributed by atoms with Crippen molar-refractivity contribution in [1.29, 1.82) is 0 Å². The van der Waals surface area contributed by atoms with Crippen molar-refractivity contribution in [1.82, 2.24) is 0 Å². The van der Waals surface area contributed by atoms with E-state index in [1.54, 1.807) is 22.3 Å². The summed E-state index contributed by atoms with van der Waals surface area (Å²) in [6, 6.07) is 4.65. The fourth-order valence-corrected chi connectivity index (χ4v) is 10.4. The summed E-state index contributed by atoms with van der Waals surface area (Å²) in [7, 11) is 9.78. The third-order valence-corrected chi connectivity index (χ3v) is 13.8. The molecule has 3 saturated carbocycles. The first-order valence-corrected chi connectivity index (χ1v) is 23.9. The summed E-state index contributed by atoms with van der Waals surface area (Å²) in [5.41, 5.74) is 13.1. The normalized spacial score (nSPS) is 29.1. The van der Waals surface area contributed by atoms with E-state index in [0.717, 1.165) is 11.1 Å². The Morgan fingerprint density at radius 3 is 1.23 bits per heavy atom. The van der Waals surface area contributed by atoms with Gasteiger partial charge in [0.15, 0.2) is 0 Å². The van der Waals surface area contributed by atoms with Crippen LogP contribution in [0.25, 0.3) is 5.57 Å². The van der Waals surface area contributed by atoms with E-state index in [4.69, 9.17) is 18.6 Å². The molecular formula is C48H71Cl2OTi-. The number of aromatic hydroxyl groups is 1. The Morgan fingerprint density at radius 2 is 0.942 bits per heavy atom. The van der Waals surface area contributed by atoms with Crippen LogP contribution in [0.2, 0.25) is 0 Å². The number of phenols is 1. The van der Waals surface area contributed by atoms with E-state index in [2.05, 4.69) is 147 Å². The topological polar surface area (TPSA) is 20.2 Å². The third-order valence-electron chi connectivity index (χ3n) is 13.8. The van der Waals surface area contributed by atoms with Crippen molar-refractivity contribution in [2.24, 2.45) is 51.2 Å². The van der Waals surface area contributed by atoms with Gasteiger partial charge in [-0.15, -0.1) is 0 Å². The molecule has 0 amide bonds. The van der Waals surface area contributed by atoms with Crippen molar-refractivity contribution >= 4 is 24.2 Å². The van der Waals surface area contributed by atoms with Crippen LogP contribution in [0.3, 0.4) is 0 Å². The fraction of sp³-hybridized carbons (Fsp3) is 0.646. The summed E-state index contributed by atoms with van der Waals surface area (Å²) in [6.45, 7) is 38.2. The van der Waals surface area contributed by atoms with Gasteiger partial charge in [0.1, 0.15) is 5.75 Å². The van der Waals surface area contributed by atoms with Crippen LogP contribution in [-0.2, 0) is 27.9 Å². The molecule has 52 heavy (non-hydrogen) atoms. The molecule has 0 saturated heterocycles. The number of hydrogen-bond donors (Lipinski definition) is 1. The Morgan fingerprint density at radius 1 is 0.615 bits per heavy atom. The first kappa shape index (κ1) is 43.7. The Bertz CT molecular complexity index is 1630. The number of hydrogen-bond acceptors (Lipinski definition) is 1. The van der Waals surface area contributed by atoms with Crippen molar-refractivity contribution in [3.8, 4) is 5.75 Å². The molecule has 4 atom stereocenters. The van der Waals surface area contributed by atoms with Crippen molar-refractivity contribution in [2.75, 3.05) is 0 Å². The number of phenolic OH excluding ortho intramolecular Hbond substituents is 1. The van der Waals surface area contributed by atoms with Crippen LogP contribution in [0.4, 0.5) is 0 Å². The second-order valence-corrected chi connectivity index (χ2v) is 24.2. The average Bonchev–Trinajstić information content (AvgIpc) is 3.29. The fourth-order valence-electron chi connectivity index (χ4n) is 10.4. The minimum atomic E-state index is -0.556. The monoisotopic (exact) mass is 781 g/mol. The van der Waals surface area contributed by atoms with Crippen molar-refractivity contribution in [3.63, 3.8) is 0 Å². The predicted molar refractivity (Wildman–Crippen MR) is 225 cm³/mol. The molecule has 1 nitrogen and oxygen atoms in total. The summed E-state index contributed by atoms with van der Waals surface area (Å²) in [5.74, 6) is 2.44. The average molecular weight is 783 g/mol. The van der Waals surface area contributed by atoms with E-state index in [0.29, 0.717) is 29.4 Å². The van der Waals surface area contributed by atoms with E-state index in [1.807, 2.05) is 0 Å². The summed E-state index contributed by atoms with van der Waals surface area (Å²) in [6.07, 6.45) is 16.1. The van der Waals surface area contributed by atoms with Gasteiger partial charge < -0.3 is 12.5 Å². The summed E-state index contributed by atoms with van der Waals surface area (Å²) < 4.78 is 0. The molecule has 0 aliphatic heterocycles. The van der Waals surface area contributed by atoms with Crippen LogP contribution in [0, 0.1) is 58.7 Å². The van der Waals surface area contributed by atoms with Crippen molar-refractivity contribution in [2.45, 2.75) is 147 Å². The van der Waals surface area contributed by atoms with E-state index in [9.17, 15) is 5.11 Å². The van der Waals surface area contributed by atoms with Crippen molar-refractivity contribution < 1.29 is 22.1 Å². The molecule has 6 rings (SSSR count). The molecule has 5 aliphatic carbocycles. The van der Waals surface area contributed by atoms with Gasteiger partial charge in [0, 0.05) is 11.1 Å². The van der Waals surface area contributed by atoms with Crippen LogP contribution in [-0.4, -0.2) is 5.11 Å². The van der Waals surface area contributed by atoms with E-state index >= 15 is 0 Å². The van der Waals surface area contributed by atoms with Gasteiger partial charge in [0.2, 0.25) is 0 Å². The van der Waals surface area contributed by atoms with Gasteiger partial charge in [-0.2, -0.15) is 0 Å². The number of halogens is 2. The molecule has 0 radical (unpaired) electrons. The Kier molecular flexibility index (Phi) is 12.2. The van der Waals surface area contributed by atoms with Gasteiger partial charge in [-0.25, -0.2) is 0 Å². The zero-order chi connectivity index (χ0) is 38.4. The van der Waals surface area contributed by atoms with Crippen molar-refractivity contribution in [3.05, 3.63) is 88.4 Å². The number of allylic oxidation sites excluding steroid dienone is 10. The first-order valence-electron chi connectivity index (χ1n) is 19.6. The molecule has 5 aliphatic rings. The van der Waals surface area contributed by atoms with E-state index < -0.39 is 17.0 Å². The quantitative estimate of drug-likeness (QED) is 0.234. The molecule has 1 aromatic carbocycles. The van der Waals surface area contributed by atoms with E-state index in [1.165, 1.54) is 42.4 Å². The molecule has 3 fully saturated rings. The number of rotatable bonds is 2. The second-order valence-electron chi connectivity index (χ2n) is 21.6. The van der Waals surface area contributed by atoms with Gasteiger partial charge in [-0.1, -0.05) is 133 Å². The predicted octanol–water partition coefficient (Wildman–Crippen LogP) is 15.1. The van der Waals surface area contributed by atoms with Gasteiger partial charge in [0.25, 0.3) is 0 Å². The molecule has 288 valence electrons. The molecule has 4 unspecified atom stereocenters. The number of benzene rings is 1. The summed E-state index contributed by atoms with van der Waals surface area (Å²) >= 11 is -0.556. The third kappa shape index (κ3) is 7.72. The molecule has 4 heteroatoms. The Hall–Kier alpha value is -0.986. The molecular weight excluding hydrogens is 711 g/mol. The Balaban J connectivity index is 0.00000146. The molecule has 0 heterocycles. The summed E-state index contributed by atoms with van der Waals surface area (Å²) in [5, 5.41) is 12.4. The Labute approximate surface area is 337 Å². The van der Waals surface area contributed by atoms with Crippen LogP contribution in [0.1, 0.15) is 153 Å². The van der Waals surface area contributed by atoms with Gasteiger partial charge >= 0.3 is 35.6 Å². The van der Waals surface area contributed by atoms with Crippen LogP contribution in [0.15, 0.2) is 64.3 Å². The minimum absolute atomic E-state index is 0. The summed E-state index contributed by atoms with van der Waals surface area (Å²) in [4.78, 5) is 0. The number of fused-ring (bicyclic) bond motifs is 5. The molecule has 1 N–H and O–H groups in total. The van der Waals surface area contributed by atoms with E-state index in [-0.39, 0.29) is 45.8 Å². The molecule has 1 aromatic rings. The maximum absolute atomic E-state index is 12.4. The van der Waals surface area contributed by atoms with Gasteiger partial charge in [0.05, 0.1) is 0 Å². The standard InChI is InChI=1S/C47H68O.CH3.2ClH.Ti/c1-27(2)39(33-21-28(42(3,4)5)22-38(41(33)48)43(6,7)8)40-31-25-36-34(44(9,10)17-19-46(36,13)14)23-29(31)30-24-35-37(26-32(30)40)47(15,16)20-18-45(35,11)12;;;;/h21-26,29-32,40,48H,17-20H2,1-16H3;1H3;2*1H;/q;-1;;;+2/p-2. The molecule has 0 spiro atoms.